The first-order valence-corrected chi connectivity index (χ1v) is 14.7. The van der Waals surface area contributed by atoms with Crippen LogP contribution in [-0.4, -0.2) is 82.7 Å². The van der Waals surface area contributed by atoms with Gasteiger partial charge in [-0.05, 0) is 37.0 Å². The van der Waals surface area contributed by atoms with E-state index in [4.69, 9.17) is 0 Å². The van der Waals surface area contributed by atoms with Crippen molar-refractivity contribution in [3.05, 3.63) is 88.4 Å². The van der Waals surface area contributed by atoms with Crippen LogP contribution in [0.3, 0.4) is 0 Å². The number of nitrogens with one attached hydrogen (secondary N) is 1. The Hall–Kier alpha value is -3.82. The lowest BCUT2D eigenvalue weighted by molar-refractivity contribution is -0.132. The SMILES string of the molecule is Cc1ccccc1C(=O)N(CC(=O)Nc1nc(CC(=O)N2CCN(CC=Cc3ccccc3)CC2)cs1)C1CC1. The van der Waals surface area contributed by atoms with E-state index in [1.54, 1.807) is 11.0 Å². The van der Waals surface area contributed by atoms with Crippen molar-refractivity contribution < 1.29 is 14.4 Å². The highest BCUT2D eigenvalue weighted by molar-refractivity contribution is 7.13. The molecule has 5 rings (SSSR count). The van der Waals surface area contributed by atoms with E-state index in [0.717, 1.165) is 38.0 Å². The lowest BCUT2D eigenvalue weighted by Gasteiger charge is -2.34. The van der Waals surface area contributed by atoms with E-state index in [1.807, 2.05) is 53.6 Å². The molecule has 0 bridgehead atoms. The second-order valence-electron chi connectivity index (χ2n) is 10.3. The zero-order chi connectivity index (χ0) is 27.9. The molecule has 2 fully saturated rings. The molecule has 2 aliphatic rings. The van der Waals surface area contributed by atoms with Crippen molar-refractivity contribution in [3.63, 3.8) is 0 Å². The molecule has 1 aliphatic heterocycles. The minimum atomic E-state index is -0.279. The molecule has 3 aromatic rings. The third-order valence-corrected chi connectivity index (χ3v) is 8.07. The first-order valence-electron chi connectivity index (χ1n) is 13.8. The Balaban J connectivity index is 1.07. The molecule has 208 valence electrons. The average molecular weight is 558 g/mol. The summed E-state index contributed by atoms with van der Waals surface area (Å²) >= 11 is 1.30. The summed E-state index contributed by atoms with van der Waals surface area (Å²) in [6.07, 6.45) is 6.32. The quantitative estimate of drug-likeness (QED) is 0.406. The Bertz CT molecular complexity index is 1360. The van der Waals surface area contributed by atoms with E-state index in [1.165, 1.54) is 16.9 Å². The van der Waals surface area contributed by atoms with E-state index in [2.05, 4.69) is 39.5 Å². The molecule has 2 aromatic carbocycles. The van der Waals surface area contributed by atoms with Gasteiger partial charge in [0.05, 0.1) is 12.1 Å². The molecule has 1 saturated carbocycles. The maximum Gasteiger partial charge on any atom is 0.254 e. The number of anilines is 1. The van der Waals surface area contributed by atoms with Crippen LogP contribution in [0.1, 0.15) is 40.0 Å². The first-order chi connectivity index (χ1) is 19.5. The summed E-state index contributed by atoms with van der Waals surface area (Å²) in [6.45, 7) is 5.80. The highest BCUT2D eigenvalue weighted by Crippen LogP contribution is 2.29. The molecule has 1 N–H and O–H groups in total. The van der Waals surface area contributed by atoms with Crippen molar-refractivity contribution in [1.29, 1.82) is 0 Å². The Morgan fingerprint density at radius 2 is 1.75 bits per heavy atom. The molecular weight excluding hydrogens is 522 g/mol. The summed E-state index contributed by atoms with van der Waals surface area (Å²) in [6, 6.07) is 17.8. The molecule has 2 heterocycles. The topological polar surface area (TPSA) is 85.8 Å². The summed E-state index contributed by atoms with van der Waals surface area (Å²) in [7, 11) is 0. The van der Waals surface area contributed by atoms with Crippen molar-refractivity contribution in [2.24, 2.45) is 0 Å². The van der Waals surface area contributed by atoms with Gasteiger partial charge in [0.1, 0.15) is 6.54 Å². The first kappa shape index (κ1) is 27.7. The van der Waals surface area contributed by atoms with Crippen LogP contribution < -0.4 is 5.32 Å². The summed E-state index contributed by atoms with van der Waals surface area (Å²) in [5, 5.41) is 5.08. The third-order valence-electron chi connectivity index (χ3n) is 7.27. The molecule has 1 saturated heterocycles. The number of benzene rings is 2. The fourth-order valence-electron chi connectivity index (χ4n) is 4.83. The van der Waals surface area contributed by atoms with Crippen molar-refractivity contribution in [1.82, 2.24) is 19.7 Å². The number of amides is 3. The fraction of sp³-hybridized carbons (Fsp3) is 0.355. The molecule has 8 nitrogen and oxygen atoms in total. The van der Waals surface area contributed by atoms with Crippen LogP contribution in [0.5, 0.6) is 0 Å². The van der Waals surface area contributed by atoms with Crippen LogP contribution in [0.4, 0.5) is 5.13 Å². The van der Waals surface area contributed by atoms with Gasteiger partial charge in [-0.1, -0.05) is 60.7 Å². The number of hydrogen-bond donors (Lipinski definition) is 1. The van der Waals surface area contributed by atoms with E-state index in [9.17, 15) is 14.4 Å². The Morgan fingerprint density at radius 1 is 1.02 bits per heavy atom. The van der Waals surface area contributed by atoms with Gasteiger partial charge in [-0.25, -0.2) is 4.98 Å². The fourth-order valence-corrected chi connectivity index (χ4v) is 5.55. The number of piperazine rings is 1. The molecule has 9 heteroatoms. The van der Waals surface area contributed by atoms with Gasteiger partial charge in [0.25, 0.3) is 5.91 Å². The van der Waals surface area contributed by atoms with Crippen LogP contribution in [0.2, 0.25) is 0 Å². The molecule has 0 unspecified atom stereocenters. The van der Waals surface area contributed by atoms with Crippen LogP contribution in [0.25, 0.3) is 6.08 Å². The highest BCUT2D eigenvalue weighted by atomic mass is 32.1. The van der Waals surface area contributed by atoms with Gasteiger partial charge in [0, 0.05) is 49.7 Å². The largest absolute Gasteiger partial charge is 0.340 e. The van der Waals surface area contributed by atoms with Crippen molar-refractivity contribution in [2.75, 3.05) is 44.6 Å². The smallest absolute Gasteiger partial charge is 0.254 e. The maximum atomic E-state index is 13.1. The van der Waals surface area contributed by atoms with Gasteiger partial charge in [-0.15, -0.1) is 11.3 Å². The summed E-state index contributed by atoms with van der Waals surface area (Å²) in [5.74, 6) is -0.349. The van der Waals surface area contributed by atoms with Gasteiger partial charge >= 0.3 is 0 Å². The van der Waals surface area contributed by atoms with Crippen molar-refractivity contribution in [3.8, 4) is 0 Å². The number of aromatic nitrogens is 1. The maximum absolute atomic E-state index is 13.1. The van der Waals surface area contributed by atoms with E-state index >= 15 is 0 Å². The summed E-state index contributed by atoms with van der Waals surface area (Å²) in [5.41, 5.74) is 3.36. The minimum absolute atomic E-state index is 0.0174. The van der Waals surface area contributed by atoms with Gasteiger partial charge in [-0.2, -0.15) is 0 Å². The van der Waals surface area contributed by atoms with E-state index in [-0.39, 0.29) is 36.7 Å². The van der Waals surface area contributed by atoms with Crippen molar-refractivity contribution in [2.45, 2.75) is 32.2 Å². The third kappa shape index (κ3) is 7.43. The van der Waals surface area contributed by atoms with Crippen LogP contribution in [0, 0.1) is 6.92 Å². The van der Waals surface area contributed by atoms with Gasteiger partial charge in [0.15, 0.2) is 5.13 Å². The number of carbonyl (C=O) groups is 3. The summed E-state index contributed by atoms with van der Waals surface area (Å²) in [4.78, 5) is 49.2. The normalized spacial score (nSPS) is 15.8. The zero-order valence-electron chi connectivity index (χ0n) is 22.8. The monoisotopic (exact) mass is 557 g/mol. The van der Waals surface area contributed by atoms with Crippen molar-refractivity contribution >= 4 is 40.3 Å². The number of carbonyl (C=O) groups excluding carboxylic acids is 3. The number of thiazole rings is 1. The van der Waals surface area contributed by atoms with Crippen LogP contribution >= 0.6 is 11.3 Å². The average Bonchev–Trinajstić information content (AvgIpc) is 3.72. The predicted octanol–water partition coefficient (Wildman–Crippen LogP) is 4.09. The van der Waals surface area contributed by atoms with Crippen LogP contribution in [-0.2, 0) is 16.0 Å². The van der Waals surface area contributed by atoms with Crippen LogP contribution in [0.15, 0.2) is 66.1 Å². The zero-order valence-corrected chi connectivity index (χ0v) is 23.6. The van der Waals surface area contributed by atoms with E-state index < -0.39 is 0 Å². The molecule has 40 heavy (non-hydrogen) atoms. The standard InChI is InChI=1S/C31H35N5O3S/c1-23-8-5-6-12-27(23)30(39)36(26-13-14-26)21-28(37)33-31-32-25(22-40-31)20-29(38)35-18-16-34(17-19-35)15-7-11-24-9-3-2-4-10-24/h2-12,22,26H,13-21H2,1H3,(H,32,33,37). The number of hydrogen-bond acceptors (Lipinski definition) is 6. The molecule has 1 aromatic heterocycles. The summed E-state index contributed by atoms with van der Waals surface area (Å²) < 4.78 is 0. The lowest BCUT2D eigenvalue weighted by Crippen LogP contribution is -2.49. The Labute approximate surface area is 239 Å². The van der Waals surface area contributed by atoms with Gasteiger partial charge in [-0.3, -0.25) is 19.3 Å². The Kier molecular flexibility index (Phi) is 9.03. The lowest BCUT2D eigenvalue weighted by atomic mass is 10.1. The number of nitrogens with zero attached hydrogens (tertiary/aromatic N) is 4. The van der Waals surface area contributed by atoms with E-state index in [0.29, 0.717) is 29.5 Å². The van der Waals surface area contributed by atoms with Gasteiger partial charge in [0.2, 0.25) is 11.8 Å². The molecule has 0 spiro atoms. The second-order valence-corrected chi connectivity index (χ2v) is 11.2. The molecule has 0 atom stereocenters. The highest BCUT2D eigenvalue weighted by Gasteiger charge is 2.35. The number of aryl methyl sites for hydroxylation is 1. The van der Waals surface area contributed by atoms with Gasteiger partial charge < -0.3 is 15.1 Å². The second kappa shape index (κ2) is 13.0. The molecule has 0 radical (unpaired) electrons. The molecular formula is C31H35N5O3S. The minimum Gasteiger partial charge on any atom is -0.340 e. The molecule has 3 amide bonds. The number of rotatable bonds is 10. The predicted molar refractivity (Wildman–Crippen MR) is 158 cm³/mol. The molecule has 1 aliphatic carbocycles. The Morgan fingerprint density at radius 3 is 2.48 bits per heavy atom.